The van der Waals surface area contributed by atoms with Crippen LogP contribution in [0.3, 0.4) is 0 Å². The van der Waals surface area contributed by atoms with Crippen LogP contribution in [0.15, 0.2) is 36.9 Å². The molecule has 3 amide bonds. The van der Waals surface area contributed by atoms with Gasteiger partial charge in [-0.2, -0.15) is 0 Å². The molecule has 1 saturated heterocycles. The van der Waals surface area contributed by atoms with E-state index in [2.05, 4.69) is 16.4 Å². The molecule has 0 spiro atoms. The van der Waals surface area contributed by atoms with E-state index >= 15 is 0 Å². The molecular formula is C21H30N4O3. The highest BCUT2D eigenvalue weighted by molar-refractivity contribution is 5.99. The molecule has 1 aromatic rings. The van der Waals surface area contributed by atoms with Gasteiger partial charge in [0.25, 0.3) is 5.91 Å². The van der Waals surface area contributed by atoms with E-state index in [0.29, 0.717) is 6.54 Å². The number of carbonyl (C=O) groups is 3. The van der Waals surface area contributed by atoms with Crippen molar-refractivity contribution in [3.63, 3.8) is 0 Å². The number of amides is 3. The van der Waals surface area contributed by atoms with Crippen molar-refractivity contribution in [2.75, 3.05) is 58.3 Å². The SMILES string of the molecule is C=CC(=O)N(C)C(=O)N(C)CCCCN1CCN(c2ccccc2C=O)CC1. The smallest absolute Gasteiger partial charge is 0.326 e. The minimum atomic E-state index is -0.397. The standard InChI is InChI=1S/C21H30N4O3/c1-4-20(27)23(3)21(28)22(2)11-7-8-12-24-13-15-25(16-14-24)19-10-6-5-9-18(19)17-26/h4-6,9-10,17H,1,7-8,11-16H2,2-3H3. The number of hydrogen-bond donors (Lipinski definition) is 0. The summed E-state index contributed by atoms with van der Waals surface area (Å²) in [7, 11) is 3.17. The van der Waals surface area contributed by atoms with Crippen LogP contribution in [0.2, 0.25) is 0 Å². The van der Waals surface area contributed by atoms with Crippen LogP contribution in [-0.4, -0.2) is 86.3 Å². The summed E-state index contributed by atoms with van der Waals surface area (Å²) >= 11 is 0. The predicted molar refractivity (Wildman–Crippen MR) is 111 cm³/mol. The van der Waals surface area contributed by atoms with E-state index in [1.54, 1.807) is 11.9 Å². The molecule has 0 aromatic heterocycles. The fourth-order valence-corrected chi connectivity index (χ4v) is 3.35. The second kappa shape index (κ2) is 10.6. The van der Waals surface area contributed by atoms with Crippen LogP contribution in [0.5, 0.6) is 0 Å². The molecule has 152 valence electrons. The molecule has 1 heterocycles. The molecule has 0 unspecified atom stereocenters. The maximum Gasteiger partial charge on any atom is 0.326 e. The zero-order valence-electron chi connectivity index (χ0n) is 16.8. The number of likely N-dealkylation sites (N-methyl/N-ethyl adjacent to an activating group) is 1. The highest BCUT2D eigenvalue weighted by Crippen LogP contribution is 2.20. The first-order valence-corrected chi connectivity index (χ1v) is 9.64. The number of hydrogen-bond acceptors (Lipinski definition) is 5. The Morgan fingerprint density at radius 2 is 1.79 bits per heavy atom. The number of benzene rings is 1. The minimum Gasteiger partial charge on any atom is -0.368 e. The number of rotatable bonds is 8. The number of nitrogens with zero attached hydrogens (tertiary/aromatic N) is 4. The fraction of sp³-hybridized carbons (Fsp3) is 0.476. The Morgan fingerprint density at radius 3 is 2.43 bits per heavy atom. The van der Waals surface area contributed by atoms with Gasteiger partial charge in [-0.15, -0.1) is 0 Å². The van der Waals surface area contributed by atoms with E-state index in [1.807, 2.05) is 24.3 Å². The van der Waals surface area contributed by atoms with Crippen molar-refractivity contribution in [3.8, 4) is 0 Å². The Bertz CT molecular complexity index is 699. The first-order chi connectivity index (χ1) is 13.5. The molecule has 0 radical (unpaired) electrons. The highest BCUT2D eigenvalue weighted by atomic mass is 16.2. The maximum atomic E-state index is 12.1. The minimum absolute atomic E-state index is 0.313. The normalized spacial score (nSPS) is 14.4. The molecule has 7 heteroatoms. The quantitative estimate of drug-likeness (QED) is 0.389. The van der Waals surface area contributed by atoms with E-state index < -0.39 is 5.91 Å². The van der Waals surface area contributed by atoms with Gasteiger partial charge in [0.15, 0.2) is 6.29 Å². The van der Waals surface area contributed by atoms with Crippen molar-refractivity contribution < 1.29 is 14.4 Å². The topological polar surface area (TPSA) is 64.2 Å². The van der Waals surface area contributed by atoms with Gasteiger partial charge in [0.1, 0.15) is 0 Å². The molecule has 0 saturated carbocycles. The van der Waals surface area contributed by atoms with Crippen molar-refractivity contribution in [2.45, 2.75) is 12.8 Å². The van der Waals surface area contributed by atoms with E-state index in [4.69, 9.17) is 0 Å². The number of para-hydroxylation sites is 1. The number of piperazine rings is 1. The van der Waals surface area contributed by atoms with Gasteiger partial charge in [-0.3, -0.25) is 19.4 Å². The van der Waals surface area contributed by atoms with Crippen molar-refractivity contribution in [1.29, 1.82) is 0 Å². The van der Waals surface area contributed by atoms with Gasteiger partial charge in [-0.1, -0.05) is 18.7 Å². The third-order valence-electron chi connectivity index (χ3n) is 5.11. The number of imide groups is 1. The Hall–Kier alpha value is -2.67. The second-order valence-corrected chi connectivity index (χ2v) is 7.02. The van der Waals surface area contributed by atoms with Crippen molar-refractivity contribution in [3.05, 3.63) is 42.5 Å². The summed E-state index contributed by atoms with van der Waals surface area (Å²) in [5.41, 5.74) is 1.75. The third-order valence-corrected chi connectivity index (χ3v) is 5.11. The van der Waals surface area contributed by atoms with Crippen LogP contribution in [0, 0.1) is 0 Å². The average Bonchev–Trinajstić information content (AvgIpc) is 2.75. The van der Waals surface area contributed by atoms with E-state index in [-0.39, 0.29) is 6.03 Å². The van der Waals surface area contributed by atoms with Crippen LogP contribution < -0.4 is 4.90 Å². The van der Waals surface area contributed by atoms with Crippen molar-refractivity contribution in [2.24, 2.45) is 0 Å². The van der Waals surface area contributed by atoms with Gasteiger partial charge in [0.2, 0.25) is 0 Å². The maximum absolute atomic E-state index is 12.1. The number of unbranched alkanes of at least 4 members (excludes halogenated alkanes) is 1. The summed E-state index contributed by atoms with van der Waals surface area (Å²) in [5, 5.41) is 0. The first-order valence-electron chi connectivity index (χ1n) is 9.64. The zero-order valence-corrected chi connectivity index (χ0v) is 16.8. The molecule has 7 nitrogen and oxygen atoms in total. The molecule has 1 aliphatic rings. The van der Waals surface area contributed by atoms with Crippen LogP contribution >= 0.6 is 0 Å². The molecule has 1 fully saturated rings. The number of carbonyl (C=O) groups excluding carboxylic acids is 3. The summed E-state index contributed by atoms with van der Waals surface area (Å²) in [6.45, 7) is 8.70. The summed E-state index contributed by atoms with van der Waals surface area (Å²) < 4.78 is 0. The number of urea groups is 1. The lowest BCUT2D eigenvalue weighted by Crippen LogP contribution is -2.47. The van der Waals surface area contributed by atoms with E-state index in [1.165, 1.54) is 7.05 Å². The molecule has 2 rings (SSSR count). The molecule has 0 atom stereocenters. The van der Waals surface area contributed by atoms with Gasteiger partial charge in [-0.05, 0) is 37.6 Å². The lowest BCUT2D eigenvalue weighted by atomic mass is 10.1. The first kappa shape index (κ1) is 21.6. The van der Waals surface area contributed by atoms with E-state index in [0.717, 1.165) is 74.1 Å². The number of anilines is 1. The fourth-order valence-electron chi connectivity index (χ4n) is 3.35. The monoisotopic (exact) mass is 386 g/mol. The Morgan fingerprint density at radius 1 is 1.11 bits per heavy atom. The largest absolute Gasteiger partial charge is 0.368 e. The van der Waals surface area contributed by atoms with Crippen LogP contribution in [-0.2, 0) is 4.79 Å². The summed E-state index contributed by atoms with van der Waals surface area (Å²) in [6, 6.07) is 7.39. The van der Waals surface area contributed by atoms with Gasteiger partial charge >= 0.3 is 6.03 Å². The van der Waals surface area contributed by atoms with Gasteiger partial charge in [-0.25, -0.2) is 4.79 Å². The van der Waals surface area contributed by atoms with Gasteiger partial charge < -0.3 is 9.80 Å². The molecule has 1 aliphatic heterocycles. The molecule has 0 bridgehead atoms. The van der Waals surface area contributed by atoms with Gasteiger partial charge in [0.05, 0.1) is 0 Å². The van der Waals surface area contributed by atoms with Crippen LogP contribution in [0.4, 0.5) is 10.5 Å². The lowest BCUT2D eigenvalue weighted by molar-refractivity contribution is -0.122. The van der Waals surface area contributed by atoms with Crippen molar-refractivity contribution >= 4 is 23.9 Å². The average molecular weight is 386 g/mol. The molecule has 1 aromatic carbocycles. The zero-order chi connectivity index (χ0) is 20.5. The van der Waals surface area contributed by atoms with E-state index in [9.17, 15) is 14.4 Å². The second-order valence-electron chi connectivity index (χ2n) is 7.02. The third kappa shape index (κ3) is 5.66. The predicted octanol–water partition coefficient (Wildman–Crippen LogP) is 2.10. The number of aldehydes is 1. The van der Waals surface area contributed by atoms with Crippen molar-refractivity contribution in [1.82, 2.24) is 14.7 Å². The van der Waals surface area contributed by atoms with Crippen LogP contribution in [0.25, 0.3) is 0 Å². The molecule has 0 N–H and O–H groups in total. The Kier molecular flexibility index (Phi) is 8.19. The molecule has 0 aliphatic carbocycles. The Balaban J connectivity index is 1.69. The van der Waals surface area contributed by atoms with Gasteiger partial charge in [0, 0.05) is 58.1 Å². The Labute approximate surface area is 167 Å². The summed E-state index contributed by atoms with van der Waals surface area (Å²) in [5.74, 6) is -0.397. The summed E-state index contributed by atoms with van der Waals surface area (Å²) in [4.78, 5) is 42.1. The highest BCUT2D eigenvalue weighted by Gasteiger charge is 2.20. The summed E-state index contributed by atoms with van der Waals surface area (Å²) in [6.07, 6.45) is 3.92. The molecular weight excluding hydrogens is 356 g/mol. The van der Waals surface area contributed by atoms with Crippen LogP contribution in [0.1, 0.15) is 23.2 Å². The lowest BCUT2D eigenvalue weighted by Gasteiger charge is -2.36. The molecule has 28 heavy (non-hydrogen) atoms.